The molecule has 6 heteroatoms. The molecule has 0 unspecified atom stereocenters. The Morgan fingerprint density at radius 2 is 2.14 bits per heavy atom. The van der Waals surface area contributed by atoms with Crippen LogP contribution < -0.4 is 10.6 Å². The maximum atomic E-state index is 12.0. The maximum absolute atomic E-state index is 12.0. The molecule has 0 atom stereocenters. The Kier molecular flexibility index (Phi) is 5.32. The molecule has 1 aromatic rings. The van der Waals surface area contributed by atoms with Crippen molar-refractivity contribution in [3.63, 3.8) is 0 Å². The summed E-state index contributed by atoms with van der Waals surface area (Å²) in [6, 6.07) is 0.299. The fourth-order valence-corrected chi connectivity index (χ4v) is 3.34. The zero-order valence-electron chi connectivity index (χ0n) is 13.1. The maximum Gasteiger partial charge on any atom is 0.315 e. The molecule has 0 radical (unpaired) electrons. The lowest BCUT2D eigenvalue weighted by atomic mass is 10.1. The van der Waals surface area contributed by atoms with Crippen molar-refractivity contribution in [2.75, 3.05) is 13.2 Å². The van der Waals surface area contributed by atoms with Crippen LogP contribution in [0.2, 0.25) is 0 Å². The first-order valence-electron chi connectivity index (χ1n) is 8.48. The highest BCUT2D eigenvalue weighted by Gasteiger charge is 2.16. The molecule has 1 saturated carbocycles. The number of nitrogens with zero attached hydrogens (tertiary/aromatic N) is 2. The predicted molar refractivity (Wildman–Crippen MR) is 83.6 cm³/mol. The van der Waals surface area contributed by atoms with Crippen molar-refractivity contribution in [2.24, 2.45) is 0 Å². The highest BCUT2D eigenvalue weighted by molar-refractivity contribution is 5.74. The molecule has 6 nitrogen and oxygen atoms in total. The van der Waals surface area contributed by atoms with Crippen molar-refractivity contribution in [1.82, 2.24) is 20.4 Å². The van der Waals surface area contributed by atoms with Crippen molar-refractivity contribution < 1.29 is 9.53 Å². The van der Waals surface area contributed by atoms with Crippen molar-refractivity contribution in [3.8, 4) is 0 Å². The van der Waals surface area contributed by atoms with Crippen LogP contribution in [-0.4, -0.2) is 35.0 Å². The third kappa shape index (κ3) is 4.00. The van der Waals surface area contributed by atoms with E-state index >= 15 is 0 Å². The van der Waals surface area contributed by atoms with E-state index in [4.69, 9.17) is 4.74 Å². The second-order valence-electron chi connectivity index (χ2n) is 6.23. The average molecular weight is 306 g/mol. The van der Waals surface area contributed by atoms with Gasteiger partial charge in [0.05, 0.1) is 26.0 Å². The van der Waals surface area contributed by atoms with E-state index in [1.165, 1.54) is 36.9 Å². The molecule has 2 aliphatic rings. The summed E-state index contributed by atoms with van der Waals surface area (Å²) in [6.07, 6.45) is 10.1. The third-order valence-corrected chi connectivity index (χ3v) is 4.58. The van der Waals surface area contributed by atoms with E-state index in [9.17, 15) is 4.79 Å². The number of hydrogen-bond donors (Lipinski definition) is 2. The largest absolute Gasteiger partial charge is 0.376 e. The van der Waals surface area contributed by atoms with Crippen molar-refractivity contribution in [3.05, 3.63) is 17.5 Å². The topological polar surface area (TPSA) is 68.2 Å². The quantitative estimate of drug-likeness (QED) is 0.836. The van der Waals surface area contributed by atoms with Crippen LogP contribution in [0.1, 0.15) is 49.8 Å². The summed E-state index contributed by atoms with van der Waals surface area (Å²) in [5.41, 5.74) is 2.42. The molecular weight excluding hydrogens is 280 g/mol. The van der Waals surface area contributed by atoms with Crippen LogP contribution in [-0.2, 0) is 24.3 Å². The molecule has 0 saturated heterocycles. The van der Waals surface area contributed by atoms with Gasteiger partial charge in [0.25, 0.3) is 0 Å². The van der Waals surface area contributed by atoms with E-state index in [2.05, 4.69) is 15.7 Å². The second-order valence-corrected chi connectivity index (χ2v) is 6.23. The Hall–Kier alpha value is -1.56. The zero-order chi connectivity index (χ0) is 15.2. The van der Waals surface area contributed by atoms with Gasteiger partial charge in [-0.1, -0.05) is 25.7 Å². The molecule has 0 bridgehead atoms. The molecule has 2 amide bonds. The molecule has 0 spiro atoms. The minimum Gasteiger partial charge on any atom is -0.376 e. The summed E-state index contributed by atoms with van der Waals surface area (Å²) in [7, 11) is 0. The number of carbonyl (C=O) groups excluding carboxylic acids is 1. The van der Waals surface area contributed by atoms with E-state index < -0.39 is 0 Å². The molecular formula is C16H26N4O2. The molecule has 2 N–H and O–H groups in total. The molecule has 1 aliphatic carbocycles. The SMILES string of the molecule is O=C(NCCn1ncc2c1CCOC2)NC1CCCCCC1. The number of aromatic nitrogens is 2. The molecule has 22 heavy (non-hydrogen) atoms. The molecule has 122 valence electrons. The summed E-state index contributed by atoms with van der Waals surface area (Å²) in [5.74, 6) is 0. The number of carbonyl (C=O) groups is 1. The fourth-order valence-electron chi connectivity index (χ4n) is 3.34. The highest BCUT2D eigenvalue weighted by Crippen LogP contribution is 2.17. The number of rotatable bonds is 4. The van der Waals surface area contributed by atoms with Crippen molar-refractivity contribution in [1.29, 1.82) is 0 Å². The molecule has 0 aromatic carbocycles. The van der Waals surface area contributed by atoms with Gasteiger partial charge in [-0.15, -0.1) is 0 Å². The van der Waals surface area contributed by atoms with Gasteiger partial charge in [-0.2, -0.15) is 5.10 Å². The zero-order valence-corrected chi connectivity index (χ0v) is 13.1. The van der Waals surface area contributed by atoms with E-state index in [1.807, 2.05) is 10.9 Å². The highest BCUT2D eigenvalue weighted by atomic mass is 16.5. The molecule has 3 rings (SSSR count). The summed E-state index contributed by atoms with van der Waals surface area (Å²) in [5, 5.41) is 10.4. The van der Waals surface area contributed by atoms with Gasteiger partial charge in [-0.25, -0.2) is 4.79 Å². The molecule has 1 aromatic heterocycles. The second kappa shape index (κ2) is 7.63. The Morgan fingerprint density at radius 1 is 1.32 bits per heavy atom. The van der Waals surface area contributed by atoms with E-state index in [1.54, 1.807) is 0 Å². The van der Waals surface area contributed by atoms with Crippen molar-refractivity contribution >= 4 is 6.03 Å². The lowest BCUT2D eigenvalue weighted by Crippen LogP contribution is -2.43. The number of fused-ring (bicyclic) bond motifs is 1. The summed E-state index contributed by atoms with van der Waals surface area (Å²) < 4.78 is 7.40. The van der Waals surface area contributed by atoms with E-state index in [-0.39, 0.29) is 6.03 Å². The Balaban J connectivity index is 1.40. The first kappa shape index (κ1) is 15.3. The number of hydrogen-bond acceptors (Lipinski definition) is 3. The van der Waals surface area contributed by atoms with Crippen LogP contribution in [0.15, 0.2) is 6.20 Å². The van der Waals surface area contributed by atoms with Crippen LogP contribution in [0.3, 0.4) is 0 Å². The smallest absolute Gasteiger partial charge is 0.315 e. The van der Waals surface area contributed by atoms with Gasteiger partial charge in [0.1, 0.15) is 0 Å². The van der Waals surface area contributed by atoms with Gasteiger partial charge in [-0.3, -0.25) is 4.68 Å². The Morgan fingerprint density at radius 3 is 2.95 bits per heavy atom. The van der Waals surface area contributed by atoms with Gasteiger partial charge in [0, 0.05) is 30.3 Å². The number of nitrogens with one attached hydrogen (secondary N) is 2. The third-order valence-electron chi connectivity index (χ3n) is 4.58. The minimum absolute atomic E-state index is 0.0451. The van der Waals surface area contributed by atoms with Crippen LogP contribution in [0.25, 0.3) is 0 Å². The van der Waals surface area contributed by atoms with E-state index in [0.717, 1.165) is 25.9 Å². The Bertz CT molecular complexity index is 492. The number of amides is 2. The lowest BCUT2D eigenvalue weighted by molar-refractivity contribution is 0.109. The number of ether oxygens (including phenoxy) is 1. The van der Waals surface area contributed by atoms with Gasteiger partial charge in [0.15, 0.2) is 0 Å². The Labute approximate surface area is 131 Å². The molecule has 1 aliphatic heterocycles. The molecule has 2 heterocycles. The first-order chi connectivity index (χ1) is 10.8. The van der Waals surface area contributed by atoms with E-state index in [0.29, 0.717) is 25.7 Å². The summed E-state index contributed by atoms with van der Waals surface area (Å²) >= 11 is 0. The van der Waals surface area contributed by atoms with Crippen LogP contribution in [0.5, 0.6) is 0 Å². The molecule has 1 fully saturated rings. The summed E-state index contributed by atoms with van der Waals surface area (Å²) in [6.45, 7) is 2.74. The first-order valence-corrected chi connectivity index (χ1v) is 8.48. The average Bonchev–Trinajstić information content (AvgIpc) is 2.76. The minimum atomic E-state index is -0.0451. The standard InChI is InChI=1S/C16H26N4O2/c21-16(19-14-5-3-1-2-4-6-14)17-8-9-20-15-7-10-22-12-13(15)11-18-20/h11,14H,1-10,12H2,(H2,17,19,21). The van der Waals surface area contributed by atoms with Gasteiger partial charge >= 0.3 is 6.03 Å². The lowest BCUT2D eigenvalue weighted by Gasteiger charge is -2.17. The monoisotopic (exact) mass is 306 g/mol. The van der Waals surface area contributed by atoms with Gasteiger partial charge in [-0.05, 0) is 12.8 Å². The van der Waals surface area contributed by atoms with Crippen molar-refractivity contribution in [2.45, 2.75) is 64.1 Å². The normalized spacial score (nSPS) is 19.3. The summed E-state index contributed by atoms with van der Waals surface area (Å²) in [4.78, 5) is 12.0. The van der Waals surface area contributed by atoms with Gasteiger partial charge < -0.3 is 15.4 Å². The van der Waals surface area contributed by atoms with Crippen LogP contribution in [0, 0.1) is 0 Å². The predicted octanol–water partition coefficient (Wildman–Crippen LogP) is 1.98. The van der Waals surface area contributed by atoms with Gasteiger partial charge in [0.2, 0.25) is 0 Å². The fraction of sp³-hybridized carbons (Fsp3) is 0.750. The van der Waals surface area contributed by atoms with Crippen LogP contribution in [0.4, 0.5) is 4.79 Å². The number of urea groups is 1. The van der Waals surface area contributed by atoms with Crippen LogP contribution >= 0.6 is 0 Å².